The molecule has 0 aliphatic carbocycles. The van der Waals surface area contributed by atoms with Crippen molar-refractivity contribution in [3.8, 4) is 0 Å². The molecule has 0 bridgehead atoms. The van der Waals surface area contributed by atoms with Gasteiger partial charge in [0.2, 0.25) is 5.91 Å². The maximum atomic E-state index is 11.7. The first-order valence-electron chi connectivity index (χ1n) is 25.2. The van der Waals surface area contributed by atoms with Gasteiger partial charge in [0.05, 0.1) is 44.5 Å². The smallest absolute Gasteiger partial charge is 0.416 e. The Hall–Kier alpha value is -5.58. The highest BCUT2D eigenvalue weighted by Crippen LogP contribution is 2.18. The third-order valence-electron chi connectivity index (χ3n) is 9.05. The molecule has 2 aliphatic rings. The lowest BCUT2D eigenvalue weighted by atomic mass is 9.98. The highest BCUT2D eigenvalue weighted by atomic mass is 127. The number of halogens is 1. The van der Waals surface area contributed by atoms with Crippen molar-refractivity contribution in [2.45, 2.75) is 151 Å². The van der Waals surface area contributed by atoms with Crippen molar-refractivity contribution < 1.29 is 82.4 Å². The van der Waals surface area contributed by atoms with E-state index in [0.29, 0.717) is 45.7 Å². The Kier molecular flexibility index (Phi) is 57.5. The van der Waals surface area contributed by atoms with Crippen molar-refractivity contribution in [1.82, 2.24) is 4.90 Å². The summed E-state index contributed by atoms with van der Waals surface area (Å²) >= 11 is 2.33. The van der Waals surface area contributed by atoms with Crippen LogP contribution >= 0.6 is 22.6 Å². The summed E-state index contributed by atoms with van der Waals surface area (Å²) in [5, 5.41) is 34.2. The topological polar surface area (TPSA) is 259 Å². The van der Waals surface area contributed by atoms with Gasteiger partial charge in [-0.1, -0.05) is 113 Å². The average Bonchev–Trinajstić information content (AvgIpc) is 3.98. The molecule has 2 aliphatic heterocycles. The van der Waals surface area contributed by atoms with E-state index in [4.69, 9.17) is 34.3 Å². The first kappa shape index (κ1) is 80.3. The maximum Gasteiger partial charge on any atom is 0.416 e. The molecule has 438 valence electrons. The lowest BCUT2D eigenvalue weighted by Crippen LogP contribution is -2.39. The number of allylic oxidation sites excluding steroid dienone is 7. The van der Waals surface area contributed by atoms with Crippen molar-refractivity contribution in [2.24, 2.45) is 0 Å². The minimum Gasteiger partial charge on any atom is -0.466 e. The van der Waals surface area contributed by atoms with Crippen LogP contribution in [0.15, 0.2) is 116 Å². The Morgan fingerprint density at radius 2 is 1.31 bits per heavy atom. The molecule has 77 heavy (non-hydrogen) atoms. The minimum atomic E-state index is -1.02. The summed E-state index contributed by atoms with van der Waals surface area (Å²) in [5.41, 5.74) is 3.63. The summed E-state index contributed by atoms with van der Waals surface area (Å²) in [5.74, 6) is -1.87. The van der Waals surface area contributed by atoms with Crippen LogP contribution in [-0.4, -0.2) is 136 Å². The Balaban J connectivity index is -0.000000263. The predicted molar refractivity (Wildman–Crippen MR) is 309 cm³/mol. The normalized spacial score (nSPS) is 14.8. The number of nitrogens with zero attached hydrogens (tertiary/aromatic N) is 1. The van der Waals surface area contributed by atoms with Crippen LogP contribution in [0.25, 0.3) is 0 Å². The van der Waals surface area contributed by atoms with Gasteiger partial charge in [-0.25, -0.2) is 14.5 Å². The SMILES string of the molecule is C=CC/C(C)=C\C(=O)OCC.C=CC/C(C)=C\CI.C=CC/C(C)=C\CO.C=CCC(C)(O)CC(=O)OCC.CC(=O)OCO.CCC(=O)N1C(=O)OC[C@H]1Cc1ccccc1.CCOC(=O)CC(C)=O.OC1CCCO1. The van der Waals surface area contributed by atoms with Gasteiger partial charge in [0.15, 0.2) is 13.1 Å². The van der Waals surface area contributed by atoms with Crippen LogP contribution in [0.5, 0.6) is 0 Å². The zero-order valence-corrected chi connectivity index (χ0v) is 49.7. The minimum absolute atomic E-state index is 0.0207. The van der Waals surface area contributed by atoms with Crippen LogP contribution in [0.3, 0.4) is 0 Å². The molecule has 1 aromatic carbocycles. The van der Waals surface area contributed by atoms with E-state index in [1.807, 2.05) is 56.3 Å². The van der Waals surface area contributed by atoms with E-state index in [9.17, 15) is 38.7 Å². The molecular formula is C58H92INO17. The van der Waals surface area contributed by atoms with Gasteiger partial charge in [-0.15, -0.1) is 26.3 Å². The molecule has 2 unspecified atom stereocenters. The number of carbonyl (C=O) groups is 7. The molecule has 2 heterocycles. The number of benzene rings is 1. The maximum absolute atomic E-state index is 11.7. The summed E-state index contributed by atoms with van der Waals surface area (Å²) in [6, 6.07) is 9.62. The lowest BCUT2D eigenvalue weighted by Gasteiger charge is -2.19. The molecular weight excluding hydrogens is 1110 g/mol. The number of aliphatic hydroxyl groups excluding tert-OH is 3. The molecule has 4 N–H and O–H groups in total. The monoisotopic (exact) mass is 1200 g/mol. The number of hydrogen-bond donors (Lipinski definition) is 4. The number of Topliss-reactive ketones (excluding diaryl/α,β-unsaturated/α-hetero) is 1. The van der Waals surface area contributed by atoms with Gasteiger partial charge in [-0.2, -0.15) is 0 Å². The predicted octanol–water partition coefficient (Wildman–Crippen LogP) is 9.91. The third kappa shape index (κ3) is 56.4. The molecule has 0 aromatic heterocycles. The molecule has 18 nitrogen and oxygen atoms in total. The third-order valence-corrected chi connectivity index (χ3v) is 9.49. The molecule has 1 aromatic rings. The number of alkyl halides is 1. The van der Waals surface area contributed by atoms with Crippen LogP contribution in [0.4, 0.5) is 4.79 Å². The second-order valence-electron chi connectivity index (χ2n) is 16.6. The molecule has 19 heteroatoms. The Bertz CT molecular complexity index is 1880. The molecule has 3 atom stereocenters. The van der Waals surface area contributed by atoms with E-state index in [1.165, 1.54) is 36.0 Å². The Morgan fingerprint density at radius 3 is 1.70 bits per heavy atom. The molecule has 2 saturated heterocycles. The quantitative estimate of drug-likeness (QED) is 0.0123. The van der Waals surface area contributed by atoms with Crippen molar-refractivity contribution in [3.05, 3.63) is 121 Å². The number of imide groups is 1. The van der Waals surface area contributed by atoms with Crippen LogP contribution in [0.1, 0.15) is 133 Å². The average molecular weight is 1200 g/mol. The van der Waals surface area contributed by atoms with Gasteiger partial charge in [0.1, 0.15) is 18.8 Å². The number of esters is 4. The van der Waals surface area contributed by atoms with Crippen LogP contribution in [-0.2, 0) is 63.6 Å². The molecule has 0 saturated carbocycles. The first-order valence-corrected chi connectivity index (χ1v) is 26.8. The molecule has 0 spiro atoms. The lowest BCUT2D eigenvalue weighted by molar-refractivity contribution is -0.149. The highest BCUT2D eigenvalue weighted by Gasteiger charge is 2.36. The fraction of sp³-hybridized carbons (Fsp3) is 0.534. The van der Waals surface area contributed by atoms with Crippen molar-refractivity contribution >= 4 is 64.3 Å². The molecule has 2 amide bonds. The number of cyclic esters (lactones) is 1. The van der Waals surface area contributed by atoms with E-state index < -0.39 is 36.7 Å². The van der Waals surface area contributed by atoms with Gasteiger partial charge >= 0.3 is 30.0 Å². The number of carbonyl (C=O) groups excluding carboxylic acids is 7. The zero-order chi connectivity index (χ0) is 60.0. The summed E-state index contributed by atoms with van der Waals surface area (Å²) in [6.07, 6.45) is 17.4. The van der Waals surface area contributed by atoms with Crippen LogP contribution < -0.4 is 0 Å². The number of rotatable bonds is 22. The van der Waals surface area contributed by atoms with E-state index in [0.717, 1.165) is 54.3 Å². The largest absolute Gasteiger partial charge is 0.466 e. The van der Waals surface area contributed by atoms with Gasteiger partial charge in [-0.3, -0.25) is 24.0 Å². The summed E-state index contributed by atoms with van der Waals surface area (Å²) in [6.45, 7) is 33.1. The summed E-state index contributed by atoms with van der Waals surface area (Å²) < 4.78 is 28.6. The Morgan fingerprint density at radius 1 is 0.779 bits per heavy atom. The van der Waals surface area contributed by atoms with E-state index in [2.05, 4.69) is 71.4 Å². The standard InChI is InChI=1S/C13H15NO3.C9H16O3.C9H14O2.C7H11I.C7H12O.C6H10O3.C4H8O2.C3H6O3/c1-2-12(15)14-11(9-17-13(14)16)8-10-6-4-3-5-7-10;1-4-6-9(3,11)7-8(10)12-5-2;1-4-6-8(3)7-9(10)11-5-2;2*1-3-4-7(2)5-6-8;1-3-9-6(8)4-5(2)7;5-4-2-1-3-6-4;1-3(5)6-2-4/h3-7,11H,2,8-9H2,1H3;4,11H,1,5-7H2,2-3H3;4,7H,1,5-6H2,2-3H3;3,5H,1,4,6H2,2H3;3,5,8H,1,4,6H2,2H3;3-4H2,1-2H3;4-5H,1-3H2;4H,2H2,1H3/b;;8-7-;2*7-5-;;;/t11-;;;;;;;/m1......./s1. The van der Waals surface area contributed by atoms with Crippen molar-refractivity contribution in [3.63, 3.8) is 0 Å². The number of amides is 2. The van der Waals surface area contributed by atoms with Gasteiger partial charge < -0.3 is 48.8 Å². The number of ketones is 1. The number of hydrogen-bond acceptors (Lipinski definition) is 17. The van der Waals surface area contributed by atoms with Gasteiger partial charge in [-0.05, 0) is 99.5 Å². The van der Waals surface area contributed by atoms with Crippen molar-refractivity contribution in [1.29, 1.82) is 0 Å². The molecule has 2 fully saturated rings. The van der Waals surface area contributed by atoms with Gasteiger partial charge in [0.25, 0.3) is 0 Å². The van der Waals surface area contributed by atoms with Crippen molar-refractivity contribution in [2.75, 3.05) is 50.9 Å². The second kappa shape index (κ2) is 55.2. The second-order valence-corrected chi connectivity index (χ2v) is 17.5. The summed E-state index contributed by atoms with van der Waals surface area (Å²) in [4.78, 5) is 76.4. The highest BCUT2D eigenvalue weighted by molar-refractivity contribution is 14.1. The number of aliphatic hydroxyl groups is 4. The van der Waals surface area contributed by atoms with E-state index >= 15 is 0 Å². The summed E-state index contributed by atoms with van der Waals surface area (Å²) in [7, 11) is 0. The van der Waals surface area contributed by atoms with Gasteiger partial charge in [0, 0.05) is 36.9 Å². The van der Waals surface area contributed by atoms with Crippen LogP contribution in [0, 0.1) is 0 Å². The molecule has 0 radical (unpaired) electrons. The first-order chi connectivity index (χ1) is 36.4. The van der Waals surface area contributed by atoms with E-state index in [-0.39, 0.29) is 49.1 Å². The van der Waals surface area contributed by atoms with E-state index in [1.54, 1.807) is 52.8 Å². The fourth-order valence-corrected chi connectivity index (χ4v) is 6.28. The number of ether oxygens (including phenoxy) is 6. The zero-order valence-electron chi connectivity index (χ0n) is 47.6. The molecule has 3 rings (SSSR count). The fourth-order valence-electron chi connectivity index (χ4n) is 5.53. The van der Waals surface area contributed by atoms with Crippen LogP contribution in [0.2, 0.25) is 0 Å². The Labute approximate surface area is 473 Å².